The van der Waals surface area contributed by atoms with Crippen molar-refractivity contribution < 1.29 is 23.1 Å². The average Bonchev–Trinajstić information content (AvgIpc) is 2.35. The number of carbonyl (C=O) groups is 2. The Labute approximate surface area is 106 Å². The first-order valence-corrected chi connectivity index (χ1v) is 6.37. The molecule has 0 aromatic heterocycles. The minimum Gasteiger partial charge on any atom is -0.381 e. The van der Waals surface area contributed by atoms with Gasteiger partial charge in [-0.25, -0.2) is 0 Å². The normalized spacial score (nSPS) is 19.1. The standard InChI is InChI=1S/C10H14BrF2NO3/c11-5-7(15)10(1-3-17-4-2-10)6-14-9(16)8(12)13/h8H,1-6H2,(H,14,16). The van der Waals surface area contributed by atoms with Crippen LogP contribution in [0, 0.1) is 5.41 Å². The monoisotopic (exact) mass is 313 g/mol. The molecule has 0 spiro atoms. The zero-order chi connectivity index (χ0) is 12.9. The van der Waals surface area contributed by atoms with E-state index in [4.69, 9.17) is 4.74 Å². The van der Waals surface area contributed by atoms with Crippen molar-refractivity contribution in [1.29, 1.82) is 0 Å². The van der Waals surface area contributed by atoms with E-state index in [-0.39, 0.29) is 17.7 Å². The number of nitrogens with one attached hydrogen (secondary N) is 1. The van der Waals surface area contributed by atoms with Gasteiger partial charge < -0.3 is 10.1 Å². The fourth-order valence-corrected chi connectivity index (χ4v) is 2.39. The highest BCUT2D eigenvalue weighted by atomic mass is 79.9. The number of Topliss-reactive ketones (excluding diaryl/α,β-unsaturated/α-hetero) is 1. The molecule has 0 aromatic rings. The van der Waals surface area contributed by atoms with E-state index in [0.29, 0.717) is 26.1 Å². The summed E-state index contributed by atoms with van der Waals surface area (Å²) < 4.78 is 29.3. The van der Waals surface area contributed by atoms with Crippen LogP contribution in [0.1, 0.15) is 12.8 Å². The number of amides is 1. The average molecular weight is 314 g/mol. The summed E-state index contributed by atoms with van der Waals surface area (Å²) in [5, 5.41) is 2.27. The van der Waals surface area contributed by atoms with E-state index in [2.05, 4.69) is 21.2 Å². The summed E-state index contributed by atoms with van der Waals surface area (Å²) in [4.78, 5) is 22.7. The topological polar surface area (TPSA) is 55.4 Å². The number of carbonyl (C=O) groups excluding carboxylic acids is 2. The van der Waals surface area contributed by atoms with Crippen molar-refractivity contribution in [3.05, 3.63) is 0 Å². The van der Waals surface area contributed by atoms with Gasteiger partial charge in [-0.05, 0) is 12.8 Å². The van der Waals surface area contributed by atoms with Crippen molar-refractivity contribution in [3.63, 3.8) is 0 Å². The number of hydrogen-bond donors (Lipinski definition) is 1. The van der Waals surface area contributed by atoms with Crippen LogP contribution >= 0.6 is 15.9 Å². The van der Waals surface area contributed by atoms with Crippen LogP contribution in [0.25, 0.3) is 0 Å². The van der Waals surface area contributed by atoms with E-state index in [1.807, 2.05) is 0 Å². The van der Waals surface area contributed by atoms with Gasteiger partial charge in [-0.3, -0.25) is 9.59 Å². The lowest BCUT2D eigenvalue weighted by molar-refractivity contribution is -0.136. The van der Waals surface area contributed by atoms with Crippen LogP contribution in [0.5, 0.6) is 0 Å². The van der Waals surface area contributed by atoms with Crippen LogP contribution in [0.3, 0.4) is 0 Å². The first-order valence-electron chi connectivity index (χ1n) is 5.25. The summed E-state index contributed by atoms with van der Waals surface area (Å²) in [5.74, 6) is -1.42. The molecule has 0 radical (unpaired) electrons. The van der Waals surface area contributed by atoms with Crippen LogP contribution < -0.4 is 5.32 Å². The maximum atomic E-state index is 12.1. The van der Waals surface area contributed by atoms with Crippen molar-refractivity contribution in [2.24, 2.45) is 5.41 Å². The third-order valence-corrected chi connectivity index (χ3v) is 3.47. The fourth-order valence-electron chi connectivity index (χ4n) is 1.79. The number of hydrogen-bond acceptors (Lipinski definition) is 3. The first-order chi connectivity index (χ1) is 8.02. The van der Waals surface area contributed by atoms with Gasteiger partial charge in [-0.1, -0.05) is 15.9 Å². The van der Waals surface area contributed by atoms with Gasteiger partial charge in [0.15, 0.2) is 5.78 Å². The third-order valence-electron chi connectivity index (χ3n) is 2.96. The summed E-state index contributed by atoms with van der Waals surface area (Å²) in [6.45, 7) is 0.760. The number of ether oxygens (including phenoxy) is 1. The molecule has 1 fully saturated rings. The molecule has 1 heterocycles. The van der Waals surface area contributed by atoms with Crippen LogP contribution in [0.4, 0.5) is 8.78 Å². The van der Waals surface area contributed by atoms with E-state index in [9.17, 15) is 18.4 Å². The molecule has 1 N–H and O–H groups in total. The van der Waals surface area contributed by atoms with E-state index >= 15 is 0 Å². The summed E-state index contributed by atoms with van der Waals surface area (Å²) in [6, 6.07) is 0. The second kappa shape index (κ2) is 6.39. The van der Waals surface area contributed by atoms with Crippen molar-refractivity contribution in [2.45, 2.75) is 19.3 Å². The smallest absolute Gasteiger partial charge is 0.315 e. The predicted molar refractivity (Wildman–Crippen MR) is 60.3 cm³/mol. The molecule has 1 saturated heterocycles. The van der Waals surface area contributed by atoms with Crippen molar-refractivity contribution in [2.75, 3.05) is 25.1 Å². The molecule has 7 heteroatoms. The number of rotatable bonds is 5. The molecule has 1 aliphatic rings. The van der Waals surface area contributed by atoms with Crippen LogP contribution in [0.15, 0.2) is 0 Å². The van der Waals surface area contributed by atoms with Crippen molar-refractivity contribution >= 4 is 27.6 Å². The number of alkyl halides is 3. The van der Waals surface area contributed by atoms with Gasteiger partial charge in [0.25, 0.3) is 5.91 Å². The minimum atomic E-state index is -3.05. The molecule has 1 aliphatic heterocycles. The lowest BCUT2D eigenvalue weighted by Gasteiger charge is -2.35. The van der Waals surface area contributed by atoms with Crippen LogP contribution in [0.2, 0.25) is 0 Å². The predicted octanol–water partition coefficient (Wildman–Crippen LogP) is 1.13. The third kappa shape index (κ3) is 3.70. The maximum absolute atomic E-state index is 12.1. The van der Waals surface area contributed by atoms with E-state index in [1.165, 1.54) is 0 Å². The Morgan fingerprint density at radius 2 is 1.94 bits per heavy atom. The van der Waals surface area contributed by atoms with Crippen molar-refractivity contribution in [3.8, 4) is 0 Å². The van der Waals surface area contributed by atoms with Crippen molar-refractivity contribution in [1.82, 2.24) is 5.32 Å². The van der Waals surface area contributed by atoms with Gasteiger partial charge in [0.1, 0.15) is 0 Å². The highest BCUT2D eigenvalue weighted by Crippen LogP contribution is 2.31. The van der Waals surface area contributed by atoms with E-state index < -0.39 is 17.7 Å². The SMILES string of the molecule is O=C(NCC1(C(=O)CBr)CCOCC1)C(F)F. The van der Waals surface area contributed by atoms with Gasteiger partial charge in [-0.15, -0.1) is 0 Å². The van der Waals surface area contributed by atoms with Crippen LogP contribution in [-0.4, -0.2) is 43.2 Å². The van der Waals surface area contributed by atoms with Crippen LogP contribution in [-0.2, 0) is 14.3 Å². The number of ketones is 1. The van der Waals surface area contributed by atoms with Gasteiger partial charge in [0, 0.05) is 19.8 Å². The number of halogens is 3. The van der Waals surface area contributed by atoms with Gasteiger partial charge >= 0.3 is 6.43 Å². The Balaban J connectivity index is 2.64. The van der Waals surface area contributed by atoms with Gasteiger partial charge in [0.05, 0.1) is 10.7 Å². The Morgan fingerprint density at radius 3 is 2.41 bits per heavy atom. The lowest BCUT2D eigenvalue weighted by atomic mass is 9.77. The summed E-state index contributed by atoms with van der Waals surface area (Å²) in [5.41, 5.74) is -0.772. The molecule has 17 heavy (non-hydrogen) atoms. The highest BCUT2D eigenvalue weighted by molar-refractivity contribution is 9.09. The molecule has 0 bridgehead atoms. The quantitative estimate of drug-likeness (QED) is 0.774. The Kier molecular flexibility index (Phi) is 5.45. The lowest BCUT2D eigenvalue weighted by Crippen LogP contribution is -2.48. The summed E-state index contributed by atoms with van der Waals surface area (Å²) in [7, 11) is 0. The van der Waals surface area contributed by atoms with E-state index in [0.717, 1.165) is 0 Å². The second-order valence-corrected chi connectivity index (χ2v) is 4.53. The molecular formula is C10H14BrF2NO3. The zero-order valence-electron chi connectivity index (χ0n) is 9.18. The molecule has 0 aliphatic carbocycles. The first kappa shape index (κ1) is 14.5. The highest BCUT2D eigenvalue weighted by Gasteiger charge is 2.39. The maximum Gasteiger partial charge on any atom is 0.315 e. The molecule has 0 aromatic carbocycles. The minimum absolute atomic E-state index is 0.0516. The molecular weight excluding hydrogens is 300 g/mol. The molecule has 4 nitrogen and oxygen atoms in total. The summed E-state index contributed by atoms with van der Waals surface area (Å²) >= 11 is 3.07. The molecule has 0 saturated carbocycles. The van der Waals surface area contributed by atoms with Gasteiger partial charge in [-0.2, -0.15) is 8.78 Å². The molecule has 98 valence electrons. The van der Waals surface area contributed by atoms with E-state index in [1.54, 1.807) is 0 Å². The molecule has 0 unspecified atom stereocenters. The van der Waals surface area contributed by atoms with Gasteiger partial charge in [0.2, 0.25) is 0 Å². The Hall–Kier alpha value is -0.560. The Bertz CT molecular complexity index is 293. The molecule has 0 atom stereocenters. The fraction of sp³-hybridized carbons (Fsp3) is 0.800. The largest absolute Gasteiger partial charge is 0.381 e. The summed E-state index contributed by atoms with van der Waals surface area (Å²) in [6.07, 6.45) is -2.16. The molecule has 1 rings (SSSR count). The molecule has 1 amide bonds. The Morgan fingerprint density at radius 1 is 1.35 bits per heavy atom. The second-order valence-electron chi connectivity index (χ2n) is 3.97. The zero-order valence-corrected chi connectivity index (χ0v) is 10.8.